The van der Waals surface area contributed by atoms with Gasteiger partial charge in [0, 0.05) is 6.54 Å². The summed E-state index contributed by atoms with van der Waals surface area (Å²) in [5.74, 6) is -3.57. The summed E-state index contributed by atoms with van der Waals surface area (Å²) in [7, 11) is 1.45. The molecule has 0 radical (unpaired) electrons. The van der Waals surface area contributed by atoms with Crippen LogP contribution < -0.4 is 10.1 Å². The molecule has 0 unspecified atom stereocenters. The second-order valence-corrected chi connectivity index (χ2v) is 4.04. The number of benzene rings is 1. The lowest BCUT2D eigenvalue weighted by Crippen LogP contribution is -2.38. The minimum Gasteiger partial charge on any atom is -0.495 e. The van der Waals surface area contributed by atoms with Crippen molar-refractivity contribution < 1.29 is 22.3 Å². The molecule has 1 aromatic rings. The van der Waals surface area contributed by atoms with Gasteiger partial charge in [0.15, 0.2) is 0 Å². The minimum absolute atomic E-state index is 0.0199. The van der Waals surface area contributed by atoms with Crippen LogP contribution in [0.4, 0.5) is 17.6 Å². The van der Waals surface area contributed by atoms with Gasteiger partial charge >= 0.3 is 12.3 Å². The van der Waals surface area contributed by atoms with Crippen molar-refractivity contribution in [3.8, 4) is 5.75 Å². The predicted octanol–water partition coefficient (Wildman–Crippen LogP) is 3.34. The SMILES string of the molecule is COc1ccc(CNCC(F)(F)C(F)F)cc1Cl. The molecule has 1 aromatic carbocycles. The van der Waals surface area contributed by atoms with Crippen molar-refractivity contribution in [2.45, 2.75) is 18.9 Å². The Kier molecular flexibility index (Phi) is 5.22. The minimum atomic E-state index is -4.03. The first-order valence-corrected chi connectivity index (χ1v) is 5.43. The number of ether oxygens (including phenoxy) is 1. The third-order valence-electron chi connectivity index (χ3n) is 2.23. The van der Waals surface area contributed by atoms with E-state index in [4.69, 9.17) is 16.3 Å². The Morgan fingerprint density at radius 2 is 2.06 bits per heavy atom. The van der Waals surface area contributed by atoms with Gasteiger partial charge in [0.25, 0.3) is 0 Å². The molecule has 0 aliphatic rings. The Bertz CT molecular complexity index is 401. The van der Waals surface area contributed by atoms with Crippen LogP contribution in [0.3, 0.4) is 0 Å². The summed E-state index contributed by atoms with van der Waals surface area (Å²) in [6.45, 7) is -1.07. The highest BCUT2D eigenvalue weighted by atomic mass is 35.5. The molecule has 7 heteroatoms. The van der Waals surface area contributed by atoms with Crippen molar-refractivity contribution in [3.63, 3.8) is 0 Å². The maximum Gasteiger partial charge on any atom is 0.319 e. The summed E-state index contributed by atoms with van der Waals surface area (Å²) < 4.78 is 53.8. The quantitative estimate of drug-likeness (QED) is 0.810. The highest BCUT2D eigenvalue weighted by Gasteiger charge is 2.39. The van der Waals surface area contributed by atoms with Gasteiger partial charge in [-0.05, 0) is 17.7 Å². The number of nitrogens with one attached hydrogen (secondary N) is 1. The summed E-state index contributed by atoms with van der Waals surface area (Å²) in [5.41, 5.74) is 0.603. The van der Waals surface area contributed by atoms with Crippen LogP contribution in [-0.4, -0.2) is 26.0 Å². The van der Waals surface area contributed by atoms with E-state index in [1.54, 1.807) is 12.1 Å². The van der Waals surface area contributed by atoms with Crippen molar-refractivity contribution in [3.05, 3.63) is 28.8 Å². The van der Waals surface area contributed by atoms with E-state index in [9.17, 15) is 17.6 Å². The van der Waals surface area contributed by atoms with Crippen LogP contribution in [0.15, 0.2) is 18.2 Å². The first-order chi connectivity index (χ1) is 8.36. The number of rotatable bonds is 6. The highest BCUT2D eigenvalue weighted by Crippen LogP contribution is 2.25. The molecule has 0 fully saturated rings. The molecule has 0 spiro atoms. The fraction of sp³-hybridized carbons (Fsp3) is 0.455. The number of alkyl halides is 4. The first-order valence-electron chi connectivity index (χ1n) is 5.06. The molecule has 1 N–H and O–H groups in total. The van der Waals surface area contributed by atoms with E-state index >= 15 is 0 Å². The Balaban J connectivity index is 2.52. The van der Waals surface area contributed by atoms with Crippen LogP contribution in [-0.2, 0) is 6.54 Å². The van der Waals surface area contributed by atoms with Crippen molar-refractivity contribution in [2.75, 3.05) is 13.7 Å². The summed E-state index contributed by atoms with van der Waals surface area (Å²) in [4.78, 5) is 0. The standard InChI is InChI=1S/C11H12ClF4NO/c1-18-9-3-2-7(4-8(9)12)5-17-6-11(15,16)10(13)14/h2-4,10,17H,5-6H2,1H3. The molecule has 0 saturated carbocycles. The molecule has 2 nitrogen and oxygen atoms in total. The van der Waals surface area contributed by atoms with E-state index in [-0.39, 0.29) is 6.54 Å². The van der Waals surface area contributed by atoms with Gasteiger partial charge in [-0.15, -0.1) is 0 Å². The van der Waals surface area contributed by atoms with E-state index in [1.165, 1.54) is 13.2 Å². The molecular formula is C11H12ClF4NO. The molecule has 0 heterocycles. The smallest absolute Gasteiger partial charge is 0.319 e. The zero-order valence-corrected chi connectivity index (χ0v) is 10.3. The van der Waals surface area contributed by atoms with Crippen LogP contribution in [0.2, 0.25) is 5.02 Å². The zero-order chi connectivity index (χ0) is 13.8. The average Bonchev–Trinajstić information content (AvgIpc) is 2.29. The van der Waals surface area contributed by atoms with E-state index < -0.39 is 18.9 Å². The molecule has 1 rings (SSSR count). The van der Waals surface area contributed by atoms with Crippen LogP contribution in [0.25, 0.3) is 0 Å². The second kappa shape index (κ2) is 6.24. The van der Waals surface area contributed by atoms with Gasteiger partial charge in [-0.3, -0.25) is 0 Å². The molecule has 0 aliphatic heterocycles. The van der Waals surface area contributed by atoms with Gasteiger partial charge in [0.05, 0.1) is 18.7 Å². The Morgan fingerprint density at radius 1 is 1.39 bits per heavy atom. The van der Waals surface area contributed by atoms with E-state index in [1.807, 2.05) is 0 Å². The normalized spacial score (nSPS) is 11.9. The van der Waals surface area contributed by atoms with Gasteiger partial charge < -0.3 is 10.1 Å². The third-order valence-corrected chi connectivity index (χ3v) is 2.52. The lowest BCUT2D eigenvalue weighted by atomic mass is 10.2. The van der Waals surface area contributed by atoms with Gasteiger partial charge in [-0.2, -0.15) is 8.78 Å². The largest absolute Gasteiger partial charge is 0.495 e. The molecule has 0 amide bonds. The van der Waals surface area contributed by atoms with Gasteiger partial charge in [-0.1, -0.05) is 17.7 Å². The second-order valence-electron chi connectivity index (χ2n) is 3.63. The van der Waals surface area contributed by atoms with Crippen molar-refractivity contribution in [1.29, 1.82) is 0 Å². The van der Waals surface area contributed by atoms with Crippen molar-refractivity contribution in [1.82, 2.24) is 5.32 Å². The van der Waals surface area contributed by atoms with Gasteiger partial charge in [-0.25, -0.2) is 8.78 Å². The summed E-state index contributed by atoms with van der Waals surface area (Å²) >= 11 is 5.83. The number of hydrogen-bond donors (Lipinski definition) is 1. The highest BCUT2D eigenvalue weighted by molar-refractivity contribution is 6.32. The molecule has 0 aromatic heterocycles. The van der Waals surface area contributed by atoms with Crippen LogP contribution >= 0.6 is 11.6 Å². The fourth-order valence-electron chi connectivity index (χ4n) is 1.27. The molecule has 0 saturated heterocycles. The molecular weight excluding hydrogens is 274 g/mol. The zero-order valence-electron chi connectivity index (χ0n) is 9.52. The Morgan fingerprint density at radius 3 is 2.56 bits per heavy atom. The molecule has 0 bridgehead atoms. The molecule has 0 aliphatic carbocycles. The number of halogens is 5. The van der Waals surface area contributed by atoms with Crippen molar-refractivity contribution >= 4 is 11.6 Å². The van der Waals surface area contributed by atoms with Crippen molar-refractivity contribution in [2.24, 2.45) is 0 Å². The fourth-order valence-corrected chi connectivity index (χ4v) is 1.55. The average molecular weight is 286 g/mol. The van der Waals surface area contributed by atoms with Gasteiger partial charge in [0.2, 0.25) is 0 Å². The van der Waals surface area contributed by atoms with E-state index in [0.29, 0.717) is 16.3 Å². The maximum atomic E-state index is 12.6. The molecule has 102 valence electrons. The third kappa shape index (κ3) is 4.03. The van der Waals surface area contributed by atoms with Crippen LogP contribution in [0.1, 0.15) is 5.56 Å². The monoisotopic (exact) mass is 285 g/mol. The van der Waals surface area contributed by atoms with Crippen LogP contribution in [0.5, 0.6) is 5.75 Å². The lowest BCUT2D eigenvalue weighted by molar-refractivity contribution is -0.125. The predicted molar refractivity (Wildman–Crippen MR) is 60.7 cm³/mol. The number of hydrogen-bond acceptors (Lipinski definition) is 2. The topological polar surface area (TPSA) is 21.3 Å². The molecule has 0 atom stereocenters. The summed E-state index contributed by atoms with van der Waals surface area (Å²) in [6, 6.07) is 4.71. The molecule has 18 heavy (non-hydrogen) atoms. The Hall–Kier alpha value is -1.01. The lowest BCUT2D eigenvalue weighted by Gasteiger charge is -2.16. The Labute approximate surface area is 107 Å². The van der Waals surface area contributed by atoms with Crippen LogP contribution in [0, 0.1) is 0 Å². The van der Waals surface area contributed by atoms with E-state index in [0.717, 1.165) is 0 Å². The van der Waals surface area contributed by atoms with E-state index in [2.05, 4.69) is 5.32 Å². The first kappa shape index (κ1) is 15.0. The summed E-state index contributed by atoms with van der Waals surface area (Å²) in [5, 5.41) is 2.59. The summed E-state index contributed by atoms with van der Waals surface area (Å²) in [6.07, 6.45) is -3.68. The number of methoxy groups -OCH3 is 1. The van der Waals surface area contributed by atoms with Gasteiger partial charge in [0.1, 0.15) is 5.75 Å². The maximum absolute atomic E-state index is 12.6.